The summed E-state index contributed by atoms with van der Waals surface area (Å²) >= 11 is 0. The summed E-state index contributed by atoms with van der Waals surface area (Å²) in [6, 6.07) is -0.913. The summed E-state index contributed by atoms with van der Waals surface area (Å²) in [5, 5.41) is 13.9. The first-order valence-electron chi connectivity index (χ1n) is 32.8. The standard InChI is InChI=1S/C68H127N2O6P/c1-6-8-10-12-14-16-18-20-22-24-26-28-30-31-32-33-34-35-36-37-38-39-40-42-44-46-48-50-52-54-56-58-60-62-68(72)69-66(65-76-77(73,74)75-64-63-70(3,4)5)67(71)61-59-57-55-53-51-49-47-45-43-41-29-27-25-23-21-19-17-15-13-11-9-7-2/h18,20,24,26,30-31,43,45,51,53,59,61,66-67,71H,6-17,19,21-23,25,27-29,32-42,44,46-50,52,54-58,60,62-65H2,1-5H3,(H-,69,72,73,74)/b20-18-,26-24-,31-30-,45-43+,53-51+,61-59+. The van der Waals surface area contributed by atoms with E-state index in [0.717, 1.165) is 57.8 Å². The molecular formula is C68H127N2O6P. The van der Waals surface area contributed by atoms with Gasteiger partial charge in [0.2, 0.25) is 5.91 Å². The fourth-order valence-corrected chi connectivity index (χ4v) is 10.2. The van der Waals surface area contributed by atoms with Gasteiger partial charge in [-0.25, -0.2) is 0 Å². The van der Waals surface area contributed by atoms with Gasteiger partial charge < -0.3 is 28.8 Å². The molecule has 0 aromatic rings. The summed E-state index contributed by atoms with van der Waals surface area (Å²) in [7, 11) is 1.24. The molecule has 0 aliphatic heterocycles. The van der Waals surface area contributed by atoms with Crippen LogP contribution in [-0.4, -0.2) is 68.5 Å². The molecule has 1 amide bonds. The lowest BCUT2D eigenvalue weighted by atomic mass is 10.0. The Morgan fingerprint density at radius 2 is 0.766 bits per heavy atom. The van der Waals surface area contributed by atoms with Gasteiger partial charge in [-0.1, -0.05) is 286 Å². The molecule has 0 aliphatic carbocycles. The Morgan fingerprint density at radius 3 is 1.14 bits per heavy atom. The van der Waals surface area contributed by atoms with Gasteiger partial charge >= 0.3 is 0 Å². The fraction of sp³-hybridized carbons (Fsp3) is 0.809. The average Bonchev–Trinajstić information content (AvgIpc) is 3.39. The summed E-state index contributed by atoms with van der Waals surface area (Å²) in [5.41, 5.74) is 0. The summed E-state index contributed by atoms with van der Waals surface area (Å²) in [6.45, 7) is 4.64. The number of nitrogens with zero attached hydrogens (tertiary/aromatic N) is 1. The number of phosphoric ester groups is 1. The monoisotopic (exact) mass is 1100 g/mol. The van der Waals surface area contributed by atoms with E-state index in [1.807, 2.05) is 27.2 Å². The molecule has 0 heterocycles. The summed E-state index contributed by atoms with van der Waals surface area (Å²) < 4.78 is 23.4. The van der Waals surface area contributed by atoms with Crippen LogP contribution in [0.2, 0.25) is 0 Å². The Bertz CT molecular complexity index is 1480. The van der Waals surface area contributed by atoms with Crippen molar-refractivity contribution in [3.8, 4) is 0 Å². The van der Waals surface area contributed by atoms with Crippen LogP contribution in [-0.2, 0) is 18.4 Å². The maximum Gasteiger partial charge on any atom is 0.268 e. The van der Waals surface area contributed by atoms with E-state index >= 15 is 0 Å². The highest BCUT2D eigenvalue weighted by Gasteiger charge is 2.23. The zero-order valence-corrected chi connectivity index (χ0v) is 52.3. The Labute approximate surface area is 478 Å². The highest BCUT2D eigenvalue weighted by molar-refractivity contribution is 7.45. The minimum Gasteiger partial charge on any atom is -0.756 e. The van der Waals surface area contributed by atoms with E-state index in [1.54, 1.807) is 6.08 Å². The molecule has 8 nitrogen and oxygen atoms in total. The summed E-state index contributed by atoms with van der Waals surface area (Å²) in [6.07, 6.45) is 81.5. The maximum absolute atomic E-state index is 13.0. The van der Waals surface area contributed by atoms with Crippen molar-refractivity contribution >= 4 is 13.7 Å². The van der Waals surface area contributed by atoms with Gasteiger partial charge in [0.25, 0.3) is 7.82 Å². The van der Waals surface area contributed by atoms with Crippen molar-refractivity contribution < 1.29 is 32.9 Å². The molecule has 450 valence electrons. The predicted octanol–water partition coefficient (Wildman–Crippen LogP) is 20.0. The first-order chi connectivity index (χ1) is 37.5. The average molecular weight is 1100 g/mol. The lowest BCUT2D eigenvalue weighted by Gasteiger charge is -2.29. The highest BCUT2D eigenvalue weighted by atomic mass is 31.2. The van der Waals surface area contributed by atoms with Gasteiger partial charge in [0, 0.05) is 6.42 Å². The number of aliphatic hydroxyl groups excluding tert-OH is 1. The first kappa shape index (κ1) is 74.9. The zero-order chi connectivity index (χ0) is 56.3. The van der Waals surface area contributed by atoms with Crippen LogP contribution in [0.15, 0.2) is 72.9 Å². The van der Waals surface area contributed by atoms with E-state index in [2.05, 4.69) is 79.9 Å². The third kappa shape index (κ3) is 61.4. The number of quaternary nitrogens is 1. The quantitative estimate of drug-likeness (QED) is 0.0272. The number of unbranched alkanes of at least 4 members (excludes halogenated alkanes) is 37. The lowest BCUT2D eigenvalue weighted by molar-refractivity contribution is -0.870. The van der Waals surface area contributed by atoms with Crippen molar-refractivity contribution in [1.29, 1.82) is 0 Å². The van der Waals surface area contributed by atoms with Crippen LogP contribution >= 0.6 is 7.82 Å². The van der Waals surface area contributed by atoms with Crippen LogP contribution in [0.3, 0.4) is 0 Å². The number of carbonyl (C=O) groups is 1. The van der Waals surface area contributed by atoms with E-state index < -0.39 is 26.6 Å². The fourth-order valence-electron chi connectivity index (χ4n) is 9.49. The molecule has 0 aromatic carbocycles. The normalized spacial score (nSPS) is 14.2. The number of rotatable bonds is 60. The smallest absolute Gasteiger partial charge is 0.268 e. The zero-order valence-electron chi connectivity index (χ0n) is 51.4. The number of hydrogen-bond acceptors (Lipinski definition) is 6. The van der Waals surface area contributed by atoms with Crippen LogP contribution in [0.1, 0.15) is 303 Å². The topological polar surface area (TPSA) is 108 Å². The molecule has 0 aromatic heterocycles. The molecule has 0 saturated heterocycles. The second-order valence-electron chi connectivity index (χ2n) is 23.4. The van der Waals surface area contributed by atoms with Gasteiger partial charge in [0.05, 0.1) is 39.9 Å². The van der Waals surface area contributed by atoms with Gasteiger partial charge in [-0.05, 0) is 83.5 Å². The molecule has 0 radical (unpaired) electrons. The third-order valence-electron chi connectivity index (χ3n) is 14.6. The van der Waals surface area contributed by atoms with Gasteiger partial charge in [-0.15, -0.1) is 0 Å². The number of amides is 1. The molecule has 0 aliphatic rings. The number of likely N-dealkylation sites (N-methyl/N-ethyl adjacent to an activating group) is 1. The molecule has 0 rings (SSSR count). The second kappa shape index (κ2) is 58.6. The van der Waals surface area contributed by atoms with Crippen LogP contribution < -0.4 is 10.2 Å². The molecule has 3 unspecified atom stereocenters. The highest BCUT2D eigenvalue weighted by Crippen LogP contribution is 2.38. The van der Waals surface area contributed by atoms with Gasteiger partial charge in [0.1, 0.15) is 13.2 Å². The van der Waals surface area contributed by atoms with E-state index in [1.165, 1.54) is 225 Å². The maximum atomic E-state index is 13.0. The number of phosphoric acid groups is 1. The molecule has 0 fully saturated rings. The summed E-state index contributed by atoms with van der Waals surface area (Å²) in [5.74, 6) is -0.209. The number of carbonyl (C=O) groups excluding carboxylic acids is 1. The minimum atomic E-state index is -4.61. The molecular weight excluding hydrogens is 972 g/mol. The van der Waals surface area contributed by atoms with Gasteiger partial charge in [-0.2, -0.15) is 0 Å². The summed E-state index contributed by atoms with van der Waals surface area (Å²) in [4.78, 5) is 25.6. The molecule has 2 N–H and O–H groups in total. The van der Waals surface area contributed by atoms with Crippen molar-refractivity contribution in [2.24, 2.45) is 0 Å². The molecule has 0 bridgehead atoms. The van der Waals surface area contributed by atoms with Gasteiger partial charge in [-0.3, -0.25) is 9.36 Å². The van der Waals surface area contributed by atoms with Crippen molar-refractivity contribution in [2.75, 3.05) is 40.9 Å². The van der Waals surface area contributed by atoms with Crippen LogP contribution in [0.4, 0.5) is 0 Å². The Hall–Kier alpha value is -2.06. The molecule has 0 saturated carbocycles. The largest absolute Gasteiger partial charge is 0.756 e. The minimum absolute atomic E-state index is 0.0101. The van der Waals surface area contributed by atoms with E-state index in [-0.39, 0.29) is 12.5 Å². The Morgan fingerprint density at radius 1 is 0.455 bits per heavy atom. The number of nitrogens with one attached hydrogen (secondary N) is 1. The Kier molecular flexibility index (Phi) is 57.0. The van der Waals surface area contributed by atoms with Crippen molar-refractivity contribution in [3.05, 3.63) is 72.9 Å². The van der Waals surface area contributed by atoms with E-state index in [0.29, 0.717) is 17.4 Å². The molecule has 9 heteroatoms. The Balaban J connectivity index is 4.13. The van der Waals surface area contributed by atoms with Crippen molar-refractivity contribution in [3.63, 3.8) is 0 Å². The van der Waals surface area contributed by atoms with E-state index in [4.69, 9.17) is 9.05 Å². The third-order valence-corrected chi connectivity index (χ3v) is 15.6. The van der Waals surface area contributed by atoms with Crippen LogP contribution in [0, 0.1) is 0 Å². The first-order valence-corrected chi connectivity index (χ1v) is 34.3. The van der Waals surface area contributed by atoms with Crippen molar-refractivity contribution in [1.82, 2.24) is 5.32 Å². The number of allylic oxidation sites excluding steroid dienone is 11. The van der Waals surface area contributed by atoms with Gasteiger partial charge in [0.15, 0.2) is 0 Å². The molecule has 77 heavy (non-hydrogen) atoms. The molecule has 3 atom stereocenters. The number of hydrogen-bond donors (Lipinski definition) is 2. The van der Waals surface area contributed by atoms with E-state index in [9.17, 15) is 19.4 Å². The SMILES string of the molecule is CCCCCCC/C=C\C/C=C\C/C=C\CCCCCCCCCCCCCCCCCCCCC(=O)NC(COP(=O)([O-])OCC[N+](C)(C)C)C(O)/C=C/CC/C=C/CC/C=C/CCCCCCCCCCCCCC. The van der Waals surface area contributed by atoms with Crippen LogP contribution in [0.25, 0.3) is 0 Å². The predicted molar refractivity (Wildman–Crippen MR) is 334 cm³/mol. The lowest BCUT2D eigenvalue weighted by Crippen LogP contribution is -2.45. The van der Waals surface area contributed by atoms with Crippen LogP contribution in [0.5, 0.6) is 0 Å². The number of aliphatic hydroxyl groups is 1. The molecule has 0 spiro atoms. The second-order valence-corrected chi connectivity index (χ2v) is 24.9. The van der Waals surface area contributed by atoms with Crippen molar-refractivity contribution in [2.45, 2.75) is 315 Å².